The van der Waals surface area contributed by atoms with Crippen molar-refractivity contribution in [1.82, 2.24) is 5.32 Å². The molecule has 0 bridgehead atoms. The number of hydrogen-bond donors (Lipinski definition) is 7. The SMILES string of the molecule is CC(=O)NC1C(OC2CCC3(C)C4=C(CCC3C2(CO)C(=O)O)C2CCC(C(C)CC(O)CC(C)C)C2(C)CC4)OC(CO)C(O)C1O. The zero-order valence-electron chi connectivity index (χ0n) is 29.7. The lowest BCUT2D eigenvalue weighted by Crippen LogP contribution is -2.67. The molecule has 5 aliphatic rings. The van der Waals surface area contributed by atoms with Crippen molar-refractivity contribution in [3.8, 4) is 0 Å². The van der Waals surface area contributed by atoms with E-state index in [4.69, 9.17) is 9.47 Å². The quantitative estimate of drug-likeness (QED) is 0.160. The summed E-state index contributed by atoms with van der Waals surface area (Å²) < 4.78 is 12.2. The van der Waals surface area contributed by atoms with E-state index in [2.05, 4.69) is 39.9 Å². The van der Waals surface area contributed by atoms with E-state index in [0.717, 1.165) is 44.9 Å². The minimum Gasteiger partial charge on any atom is -0.481 e. The number of rotatable bonds is 11. The van der Waals surface area contributed by atoms with E-state index in [1.165, 1.54) is 18.1 Å². The lowest BCUT2D eigenvalue weighted by Gasteiger charge is -2.60. The number of carbonyl (C=O) groups excluding carboxylic acids is 1. The second kappa shape index (κ2) is 14.2. The molecular formula is C37H61NO10. The fraction of sp³-hybridized carbons (Fsp3) is 0.892. The summed E-state index contributed by atoms with van der Waals surface area (Å²) in [4.78, 5) is 25.4. The first-order valence-corrected chi connectivity index (χ1v) is 18.3. The highest BCUT2D eigenvalue weighted by molar-refractivity contribution is 5.77. The number of ether oxygens (including phenoxy) is 2. The minimum absolute atomic E-state index is 0.131. The van der Waals surface area contributed by atoms with Crippen molar-refractivity contribution >= 4 is 11.9 Å². The fourth-order valence-corrected chi connectivity index (χ4v) is 11.5. The Morgan fingerprint density at radius 2 is 1.71 bits per heavy atom. The van der Waals surface area contributed by atoms with Crippen molar-refractivity contribution in [1.29, 1.82) is 0 Å². The standard InChI is InChI=1S/C37H61NO10/c1-19(2)15-22(42)16-20(3)24-8-9-25-23-7-10-28-36(6,26(23)11-13-35(24,25)5)14-12-29(37(28,18-40)34(45)46)48-33-30(38-21(4)41)32(44)31(43)27(17-39)47-33/h19-20,22,24-25,27-33,39-40,42-44H,7-18H2,1-6H3,(H,38,41)(H,45,46). The van der Waals surface area contributed by atoms with Crippen LogP contribution in [0.3, 0.4) is 0 Å². The van der Waals surface area contributed by atoms with Crippen LogP contribution in [-0.2, 0) is 19.1 Å². The van der Waals surface area contributed by atoms with Gasteiger partial charge in [-0.25, -0.2) is 0 Å². The van der Waals surface area contributed by atoms with Crippen molar-refractivity contribution in [3.63, 3.8) is 0 Å². The van der Waals surface area contributed by atoms with E-state index >= 15 is 0 Å². The van der Waals surface area contributed by atoms with Gasteiger partial charge in [0.25, 0.3) is 0 Å². The number of carboxylic acids is 1. The summed E-state index contributed by atoms with van der Waals surface area (Å²) in [7, 11) is 0. The van der Waals surface area contributed by atoms with E-state index in [1.807, 2.05) is 0 Å². The van der Waals surface area contributed by atoms with Crippen LogP contribution in [0.5, 0.6) is 0 Å². The first-order valence-electron chi connectivity index (χ1n) is 18.3. The maximum Gasteiger partial charge on any atom is 0.314 e. The first kappa shape index (κ1) is 37.7. The number of nitrogens with one attached hydrogen (secondary N) is 1. The highest BCUT2D eigenvalue weighted by Gasteiger charge is 2.65. The summed E-state index contributed by atoms with van der Waals surface area (Å²) in [5.41, 5.74) is 0.842. The maximum atomic E-state index is 13.4. The number of aliphatic hydroxyl groups excluding tert-OH is 5. The molecule has 0 aromatic heterocycles. The van der Waals surface area contributed by atoms with Gasteiger partial charge in [-0.15, -0.1) is 0 Å². The predicted octanol–water partition coefficient (Wildman–Crippen LogP) is 3.14. The second-order valence-corrected chi connectivity index (χ2v) is 16.9. The Balaban J connectivity index is 1.42. The topological polar surface area (TPSA) is 186 Å². The third kappa shape index (κ3) is 6.28. The molecule has 0 spiro atoms. The molecule has 1 saturated heterocycles. The second-order valence-electron chi connectivity index (χ2n) is 16.9. The van der Waals surface area contributed by atoms with Gasteiger partial charge in [0, 0.05) is 6.92 Å². The number of carbonyl (C=O) groups is 2. The normalized spacial score (nSPS) is 44.0. The highest BCUT2D eigenvalue weighted by Crippen LogP contribution is 2.68. The van der Waals surface area contributed by atoms with Crippen molar-refractivity contribution in [3.05, 3.63) is 11.1 Å². The molecule has 11 nitrogen and oxygen atoms in total. The summed E-state index contributed by atoms with van der Waals surface area (Å²) in [5, 5.41) is 66.5. The van der Waals surface area contributed by atoms with E-state index in [9.17, 15) is 40.2 Å². The summed E-state index contributed by atoms with van der Waals surface area (Å²) in [6.45, 7) is 11.2. The third-order valence-electron chi connectivity index (χ3n) is 13.7. The Morgan fingerprint density at radius 1 is 1.00 bits per heavy atom. The summed E-state index contributed by atoms with van der Waals surface area (Å²) >= 11 is 0. The van der Waals surface area contributed by atoms with Crippen LogP contribution >= 0.6 is 0 Å². The van der Waals surface area contributed by atoms with Crippen LogP contribution in [0.2, 0.25) is 0 Å². The van der Waals surface area contributed by atoms with Crippen LogP contribution in [0, 0.1) is 45.8 Å². The van der Waals surface area contributed by atoms with E-state index < -0.39 is 78.6 Å². The smallest absolute Gasteiger partial charge is 0.314 e. The van der Waals surface area contributed by atoms with Crippen LogP contribution in [0.15, 0.2) is 11.1 Å². The Kier molecular flexibility index (Phi) is 11.1. The van der Waals surface area contributed by atoms with E-state index in [1.54, 1.807) is 0 Å². The Bertz CT molecular complexity index is 1220. The largest absolute Gasteiger partial charge is 0.481 e. The summed E-state index contributed by atoms with van der Waals surface area (Å²) in [6, 6.07) is -1.21. The number of amides is 1. The van der Waals surface area contributed by atoms with Crippen molar-refractivity contribution in [2.24, 2.45) is 45.8 Å². The molecule has 5 rings (SSSR count). The van der Waals surface area contributed by atoms with Gasteiger partial charge in [0.05, 0.1) is 25.4 Å². The van der Waals surface area contributed by atoms with Gasteiger partial charge in [-0.1, -0.05) is 45.8 Å². The third-order valence-corrected chi connectivity index (χ3v) is 13.7. The van der Waals surface area contributed by atoms with Gasteiger partial charge in [0.2, 0.25) is 5.91 Å². The molecule has 0 aromatic rings. The van der Waals surface area contributed by atoms with E-state index in [-0.39, 0.29) is 11.5 Å². The Morgan fingerprint density at radius 3 is 2.31 bits per heavy atom. The van der Waals surface area contributed by atoms with Gasteiger partial charge in [-0.2, -0.15) is 0 Å². The number of hydrogen-bond acceptors (Lipinski definition) is 9. The maximum absolute atomic E-state index is 13.4. The fourth-order valence-electron chi connectivity index (χ4n) is 11.5. The Labute approximate surface area is 285 Å². The average Bonchev–Trinajstić information content (AvgIpc) is 3.37. The van der Waals surface area contributed by atoms with Crippen molar-refractivity contribution < 1.29 is 49.7 Å². The molecule has 1 heterocycles. The molecule has 14 atom stereocenters. The van der Waals surface area contributed by atoms with Crippen LogP contribution in [0.1, 0.15) is 106 Å². The molecule has 274 valence electrons. The molecule has 14 unspecified atom stereocenters. The van der Waals surface area contributed by atoms with Gasteiger partial charge in [0.15, 0.2) is 6.29 Å². The van der Waals surface area contributed by atoms with E-state index in [0.29, 0.717) is 42.9 Å². The summed E-state index contributed by atoms with van der Waals surface area (Å²) in [6.07, 6.45) is 1.21. The van der Waals surface area contributed by atoms with Crippen molar-refractivity contribution in [2.75, 3.05) is 13.2 Å². The average molecular weight is 680 g/mol. The van der Waals surface area contributed by atoms with Gasteiger partial charge < -0.3 is 45.4 Å². The number of aliphatic carboxylic acids is 1. The highest BCUT2D eigenvalue weighted by atomic mass is 16.7. The van der Waals surface area contributed by atoms with Gasteiger partial charge in [0.1, 0.15) is 29.8 Å². The number of fused-ring (bicyclic) bond motifs is 4. The molecule has 4 aliphatic carbocycles. The zero-order valence-corrected chi connectivity index (χ0v) is 29.7. The molecular weight excluding hydrogens is 618 g/mol. The number of allylic oxidation sites excluding steroid dienone is 2. The molecule has 0 aromatic carbocycles. The lowest BCUT2D eigenvalue weighted by atomic mass is 9.45. The minimum atomic E-state index is -1.68. The van der Waals surface area contributed by atoms with Crippen molar-refractivity contribution in [2.45, 2.75) is 149 Å². The van der Waals surface area contributed by atoms with Crippen LogP contribution in [-0.4, -0.2) is 98.6 Å². The van der Waals surface area contributed by atoms with Crippen LogP contribution < -0.4 is 5.32 Å². The zero-order chi connectivity index (χ0) is 35.3. The summed E-state index contributed by atoms with van der Waals surface area (Å²) in [5.74, 6) is -0.265. The molecule has 3 fully saturated rings. The van der Waals surface area contributed by atoms with Gasteiger partial charge in [-0.05, 0) is 105 Å². The Hall–Kier alpha value is -1.60. The van der Waals surface area contributed by atoms with Gasteiger partial charge in [-0.3, -0.25) is 9.59 Å². The molecule has 11 heteroatoms. The predicted molar refractivity (Wildman–Crippen MR) is 177 cm³/mol. The van der Waals surface area contributed by atoms with Gasteiger partial charge >= 0.3 is 5.97 Å². The van der Waals surface area contributed by atoms with Crippen LogP contribution in [0.4, 0.5) is 0 Å². The number of carboxylic acid groups (broad SMARTS) is 1. The monoisotopic (exact) mass is 679 g/mol. The van der Waals surface area contributed by atoms with Crippen LogP contribution in [0.25, 0.3) is 0 Å². The molecule has 0 radical (unpaired) electrons. The first-order chi connectivity index (χ1) is 22.5. The molecule has 2 saturated carbocycles. The molecule has 1 aliphatic heterocycles. The molecule has 48 heavy (non-hydrogen) atoms. The molecule has 1 amide bonds. The molecule has 7 N–H and O–H groups in total. The lowest BCUT2D eigenvalue weighted by molar-refractivity contribution is -0.303. The number of aliphatic hydroxyl groups is 5.